The maximum atomic E-state index is 2.24. The Bertz CT molecular complexity index is 251. The van der Waals surface area contributed by atoms with Gasteiger partial charge in [0.2, 0.25) is 0 Å². The molecule has 0 heterocycles. The van der Waals surface area contributed by atoms with Gasteiger partial charge in [-0.1, -0.05) is 18.2 Å². The molecule has 0 atom stereocenters. The number of benzene rings is 1. The van der Waals surface area contributed by atoms with Gasteiger partial charge in [-0.15, -0.1) is 11.8 Å². The van der Waals surface area contributed by atoms with Gasteiger partial charge < -0.3 is 4.48 Å². The summed E-state index contributed by atoms with van der Waals surface area (Å²) in [5.74, 6) is 1.22. The highest BCUT2D eigenvalue weighted by Crippen LogP contribution is 2.17. The Labute approximate surface area is 91.7 Å². The molecule has 0 saturated carbocycles. The van der Waals surface area contributed by atoms with Gasteiger partial charge in [0.15, 0.2) is 0 Å². The molecular formula is C12H20NS+. The molecule has 0 radical (unpaired) electrons. The number of hydrogen-bond donors (Lipinski definition) is 0. The van der Waals surface area contributed by atoms with Crippen molar-refractivity contribution < 1.29 is 4.48 Å². The van der Waals surface area contributed by atoms with Gasteiger partial charge in [-0.05, 0) is 12.1 Å². The molecule has 14 heavy (non-hydrogen) atoms. The van der Waals surface area contributed by atoms with Crippen molar-refractivity contribution in [2.75, 3.05) is 33.4 Å². The second-order valence-electron chi connectivity index (χ2n) is 4.53. The van der Waals surface area contributed by atoms with Crippen molar-refractivity contribution in [2.45, 2.75) is 11.3 Å². The zero-order chi connectivity index (χ0) is 10.4. The maximum absolute atomic E-state index is 2.24. The summed E-state index contributed by atoms with van der Waals surface area (Å²) in [6.45, 7) is 1.25. The molecule has 0 bridgehead atoms. The Kier molecular flexibility index (Phi) is 4.49. The van der Waals surface area contributed by atoms with Crippen LogP contribution in [0, 0.1) is 0 Å². The van der Waals surface area contributed by atoms with Crippen LogP contribution >= 0.6 is 11.8 Å². The largest absolute Gasteiger partial charge is 0.331 e. The molecule has 0 aliphatic heterocycles. The average Bonchev–Trinajstić information content (AvgIpc) is 2.13. The Morgan fingerprint density at radius 2 is 1.71 bits per heavy atom. The van der Waals surface area contributed by atoms with E-state index in [0.29, 0.717) is 0 Å². The SMILES string of the molecule is C[N+](C)(C)CCCSc1ccccc1. The molecule has 0 spiro atoms. The van der Waals surface area contributed by atoms with Crippen LogP contribution in [0.15, 0.2) is 35.2 Å². The number of quaternary nitrogens is 1. The summed E-state index contributed by atoms with van der Waals surface area (Å²) < 4.78 is 1.06. The zero-order valence-corrected chi connectivity index (χ0v) is 10.2. The van der Waals surface area contributed by atoms with E-state index < -0.39 is 0 Å². The van der Waals surface area contributed by atoms with Crippen molar-refractivity contribution in [3.05, 3.63) is 30.3 Å². The fourth-order valence-corrected chi connectivity index (χ4v) is 2.10. The molecule has 0 saturated heterocycles. The van der Waals surface area contributed by atoms with Crippen LogP contribution in [-0.2, 0) is 0 Å². The molecule has 0 fully saturated rings. The van der Waals surface area contributed by atoms with Crippen LogP contribution in [0.5, 0.6) is 0 Å². The van der Waals surface area contributed by atoms with Crippen LogP contribution in [0.3, 0.4) is 0 Å². The summed E-state index contributed by atoms with van der Waals surface area (Å²) in [5.41, 5.74) is 0. The highest BCUT2D eigenvalue weighted by Gasteiger charge is 2.05. The van der Waals surface area contributed by atoms with Crippen molar-refractivity contribution in [1.82, 2.24) is 0 Å². The third-order valence-corrected chi connectivity index (χ3v) is 3.08. The molecule has 2 heteroatoms. The molecule has 1 aromatic carbocycles. The normalized spacial score (nSPS) is 11.6. The van der Waals surface area contributed by atoms with E-state index in [2.05, 4.69) is 51.5 Å². The summed E-state index contributed by atoms with van der Waals surface area (Å²) in [4.78, 5) is 1.38. The van der Waals surface area contributed by atoms with Crippen molar-refractivity contribution >= 4 is 11.8 Å². The van der Waals surface area contributed by atoms with Crippen molar-refractivity contribution in [2.24, 2.45) is 0 Å². The molecule has 0 aromatic heterocycles. The molecule has 1 aromatic rings. The van der Waals surface area contributed by atoms with E-state index >= 15 is 0 Å². The average molecular weight is 210 g/mol. The first-order chi connectivity index (χ1) is 6.58. The third kappa shape index (κ3) is 5.30. The molecule has 0 aliphatic carbocycles. The number of thioether (sulfide) groups is 1. The van der Waals surface area contributed by atoms with Gasteiger partial charge in [0, 0.05) is 17.1 Å². The van der Waals surface area contributed by atoms with Gasteiger partial charge >= 0.3 is 0 Å². The van der Waals surface area contributed by atoms with Gasteiger partial charge in [-0.2, -0.15) is 0 Å². The number of hydrogen-bond acceptors (Lipinski definition) is 1. The smallest absolute Gasteiger partial charge is 0.0788 e. The Hall–Kier alpha value is -0.470. The van der Waals surface area contributed by atoms with Crippen molar-refractivity contribution in [3.63, 3.8) is 0 Å². The Balaban J connectivity index is 2.17. The molecule has 0 N–H and O–H groups in total. The minimum Gasteiger partial charge on any atom is -0.331 e. The minimum atomic E-state index is 1.06. The summed E-state index contributed by atoms with van der Waals surface area (Å²) in [7, 11) is 6.73. The first-order valence-electron chi connectivity index (χ1n) is 5.06. The summed E-state index contributed by atoms with van der Waals surface area (Å²) in [5, 5.41) is 0. The predicted octanol–water partition coefficient (Wildman–Crippen LogP) is 2.88. The number of nitrogens with zero attached hydrogens (tertiary/aromatic N) is 1. The number of rotatable bonds is 5. The summed E-state index contributed by atoms with van der Waals surface area (Å²) in [6, 6.07) is 10.6. The van der Waals surface area contributed by atoms with Crippen LogP contribution in [0.2, 0.25) is 0 Å². The van der Waals surface area contributed by atoms with E-state index in [1.807, 2.05) is 11.8 Å². The topological polar surface area (TPSA) is 0 Å². The van der Waals surface area contributed by atoms with E-state index in [4.69, 9.17) is 0 Å². The molecule has 1 rings (SSSR count). The molecule has 0 amide bonds. The van der Waals surface area contributed by atoms with Crippen LogP contribution in [0.4, 0.5) is 0 Å². The van der Waals surface area contributed by atoms with E-state index in [9.17, 15) is 0 Å². The van der Waals surface area contributed by atoms with Crippen LogP contribution in [0.25, 0.3) is 0 Å². The summed E-state index contributed by atoms with van der Waals surface area (Å²) >= 11 is 1.95. The van der Waals surface area contributed by atoms with E-state index in [0.717, 1.165) is 4.48 Å². The van der Waals surface area contributed by atoms with Crippen LogP contribution < -0.4 is 0 Å². The van der Waals surface area contributed by atoms with Crippen LogP contribution in [-0.4, -0.2) is 37.9 Å². The van der Waals surface area contributed by atoms with Crippen molar-refractivity contribution in [3.8, 4) is 0 Å². The van der Waals surface area contributed by atoms with Gasteiger partial charge in [0.05, 0.1) is 27.7 Å². The lowest BCUT2D eigenvalue weighted by Crippen LogP contribution is -2.35. The fourth-order valence-electron chi connectivity index (χ4n) is 1.25. The third-order valence-electron chi connectivity index (χ3n) is 1.99. The van der Waals surface area contributed by atoms with E-state index in [-0.39, 0.29) is 0 Å². The first-order valence-corrected chi connectivity index (χ1v) is 6.05. The first kappa shape index (κ1) is 11.6. The van der Waals surface area contributed by atoms with Gasteiger partial charge in [-0.3, -0.25) is 0 Å². The predicted molar refractivity (Wildman–Crippen MR) is 64.7 cm³/mol. The van der Waals surface area contributed by atoms with Gasteiger partial charge in [0.25, 0.3) is 0 Å². The molecule has 0 aliphatic rings. The maximum Gasteiger partial charge on any atom is 0.0788 e. The Morgan fingerprint density at radius 3 is 2.29 bits per heavy atom. The van der Waals surface area contributed by atoms with Gasteiger partial charge in [0.1, 0.15) is 0 Å². The lowest BCUT2D eigenvalue weighted by atomic mass is 10.4. The highest BCUT2D eigenvalue weighted by atomic mass is 32.2. The quantitative estimate of drug-likeness (QED) is 0.409. The van der Waals surface area contributed by atoms with Crippen molar-refractivity contribution in [1.29, 1.82) is 0 Å². The highest BCUT2D eigenvalue weighted by molar-refractivity contribution is 7.99. The lowest BCUT2D eigenvalue weighted by molar-refractivity contribution is -0.870. The minimum absolute atomic E-state index is 1.06. The zero-order valence-electron chi connectivity index (χ0n) is 9.36. The molecule has 0 unspecified atom stereocenters. The lowest BCUT2D eigenvalue weighted by Gasteiger charge is -2.23. The van der Waals surface area contributed by atoms with Gasteiger partial charge in [-0.25, -0.2) is 0 Å². The monoisotopic (exact) mass is 210 g/mol. The fraction of sp³-hybridized carbons (Fsp3) is 0.500. The second-order valence-corrected chi connectivity index (χ2v) is 5.70. The Morgan fingerprint density at radius 1 is 1.07 bits per heavy atom. The van der Waals surface area contributed by atoms with E-state index in [1.165, 1.54) is 23.6 Å². The van der Waals surface area contributed by atoms with Crippen LogP contribution in [0.1, 0.15) is 6.42 Å². The molecule has 1 nitrogen and oxygen atoms in total. The second kappa shape index (κ2) is 5.42. The molecular weight excluding hydrogens is 190 g/mol. The van der Waals surface area contributed by atoms with E-state index in [1.54, 1.807) is 0 Å². The standard InChI is InChI=1S/C12H20NS/c1-13(2,3)10-7-11-14-12-8-5-4-6-9-12/h4-6,8-9H,7,10-11H2,1-3H3/q+1. The molecule has 78 valence electrons. The summed E-state index contributed by atoms with van der Waals surface area (Å²) in [6.07, 6.45) is 1.28.